The maximum Gasteiger partial charge on any atom is 0.326 e. The van der Waals surface area contributed by atoms with Gasteiger partial charge in [-0.15, -0.1) is 0 Å². The summed E-state index contributed by atoms with van der Waals surface area (Å²) < 4.78 is 0. The van der Waals surface area contributed by atoms with Gasteiger partial charge in [0.2, 0.25) is 17.7 Å². The van der Waals surface area contributed by atoms with E-state index >= 15 is 0 Å². The minimum Gasteiger partial charge on any atom is -0.481 e. The predicted molar refractivity (Wildman–Crippen MR) is 125 cm³/mol. The van der Waals surface area contributed by atoms with Gasteiger partial charge in [-0.05, 0) is 24.7 Å². The highest BCUT2D eigenvalue weighted by atomic mass is 16.4. The first-order valence-corrected chi connectivity index (χ1v) is 11.4. The van der Waals surface area contributed by atoms with Crippen molar-refractivity contribution in [2.24, 2.45) is 17.6 Å². The Kier molecular flexibility index (Phi) is 11.9. The molecule has 1 aromatic heterocycles. The third-order valence-electron chi connectivity index (χ3n) is 5.01. The molecule has 0 radical (unpaired) electrons. The van der Waals surface area contributed by atoms with Gasteiger partial charge < -0.3 is 36.9 Å². The van der Waals surface area contributed by atoms with Crippen LogP contribution in [0.25, 0.3) is 0 Å². The Morgan fingerprint density at radius 3 is 1.91 bits per heavy atom. The SMILES string of the molecule is CC(C)CC(N)C(=O)NC(Cc1cnc[nH]1)C(=O)NC(CC(C)C)C(=O)NC(CC(=O)O)C(=O)O. The minimum atomic E-state index is -1.67. The summed E-state index contributed by atoms with van der Waals surface area (Å²) in [5.74, 6) is -4.90. The number of H-pyrrole nitrogens is 1. The van der Waals surface area contributed by atoms with E-state index in [1.54, 1.807) is 13.8 Å². The number of nitrogens with one attached hydrogen (secondary N) is 4. The molecule has 0 aliphatic carbocycles. The second-order valence-corrected chi connectivity index (χ2v) is 9.27. The molecule has 1 rings (SSSR count). The minimum absolute atomic E-state index is 0.0404. The molecule has 8 N–H and O–H groups in total. The lowest BCUT2D eigenvalue weighted by atomic mass is 10.0. The summed E-state index contributed by atoms with van der Waals surface area (Å²) >= 11 is 0. The molecule has 0 fully saturated rings. The number of nitrogens with zero attached hydrogens (tertiary/aromatic N) is 1. The van der Waals surface area contributed by atoms with Gasteiger partial charge in [0.25, 0.3) is 0 Å². The topological polar surface area (TPSA) is 217 Å². The molecular formula is C22H36N6O7. The largest absolute Gasteiger partial charge is 0.481 e. The van der Waals surface area contributed by atoms with Gasteiger partial charge in [0, 0.05) is 18.3 Å². The number of aliphatic carboxylic acids is 2. The van der Waals surface area contributed by atoms with Crippen LogP contribution in [-0.2, 0) is 30.4 Å². The molecule has 0 aliphatic heterocycles. The highest BCUT2D eigenvalue weighted by Crippen LogP contribution is 2.09. The van der Waals surface area contributed by atoms with Crippen LogP contribution in [0, 0.1) is 11.8 Å². The molecule has 3 amide bonds. The zero-order valence-corrected chi connectivity index (χ0v) is 20.4. The van der Waals surface area contributed by atoms with Crippen molar-refractivity contribution in [3.05, 3.63) is 18.2 Å². The van der Waals surface area contributed by atoms with E-state index in [9.17, 15) is 29.1 Å². The summed E-state index contributed by atoms with van der Waals surface area (Å²) in [7, 11) is 0. The maximum absolute atomic E-state index is 13.2. The van der Waals surface area contributed by atoms with E-state index in [0.717, 1.165) is 0 Å². The van der Waals surface area contributed by atoms with Gasteiger partial charge in [0.05, 0.1) is 18.8 Å². The van der Waals surface area contributed by atoms with Gasteiger partial charge in [-0.3, -0.25) is 19.2 Å². The molecule has 35 heavy (non-hydrogen) atoms. The second-order valence-electron chi connectivity index (χ2n) is 9.27. The Balaban J connectivity index is 3.06. The normalized spacial score (nSPS) is 14.6. The molecule has 13 heteroatoms. The number of carbonyl (C=O) groups is 5. The summed E-state index contributed by atoms with van der Waals surface area (Å²) in [6.07, 6.45) is 2.67. The van der Waals surface area contributed by atoms with Gasteiger partial charge in [-0.25, -0.2) is 9.78 Å². The molecule has 4 atom stereocenters. The van der Waals surface area contributed by atoms with Crippen molar-refractivity contribution in [2.45, 2.75) is 77.5 Å². The van der Waals surface area contributed by atoms with Gasteiger partial charge in [0.1, 0.15) is 18.1 Å². The van der Waals surface area contributed by atoms with Crippen LogP contribution in [0.2, 0.25) is 0 Å². The smallest absolute Gasteiger partial charge is 0.326 e. The molecule has 0 aromatic carbocycles. The summed E-state index contributed by atoms with van der Waals surface area (Å²) in [6.45, 7) is 7.41. The molecular weight excluding hydrogens is 460 g/mol. The van der Waals surface area contributed by atoms with Crippen LogP contribution in [0.5, 0.6) is 0 Å². The number of imidazole rings is 1. The molecule has 0 saturated carbocycles. The Labute approximate surface area is 203 Å². The summed E-state index contributed by atoms with van der Waals surface area (Å²) in [5.41, 5.74) is 6.50. The van der Waals surface area contributed by atoms with Crippen molar-refractivity contribution in [1.82, 2.24) is 25.9 Å². The third kappa shape index (κ3) is 11.0. The quantitative estimate of drug-likeness (QED) is 0.164. The molecule has 0 saturated heterocycles. The van der Waals surface area contributed by atoms with Crippen molar-refractivity contribution in [3.8, 4) is 0 Å². The monoisotopic (exact) mass is 496 g/mol. The van der Waals surface area contributed by atoms with Crippen molar-refractivity contribution < 1.29 is 34.2 Å². The van der Waals surface area contributed by atoms with E-state index in [1.165, 1.54) is 12.5 Å². The fourth-order valence-electron chi connectivity index (χ4n) is 3.34. The zero-order chi connectivity index (χ0) is 26.7. The lowest BCUT2D eigenvalue weighted by Gasteiger charge is -2.26. The number of rotatable bonds is 15. The summed E-state index contributed by atoms with van der Waals surface area (Å²) in [4.78, 5) is 67.6. The third-order valence-corrected chi connectivity index (χ3v) is 5.01. The first kappa shape index (κ1) is 29.6. The lowest BCUT2D eigenvalue weighted by Crippen LogP contribution is -2.58. The van der Waals surface area contributed by atoms with E-state index in [2.05, 4.69) is 25.9 Å². The summed E-state index contributed by atoms with van der Waals surface area (Å²) in [6, 6.07) is -4.77. The number of hydrogen-bond donors (Lipinski definition) is 7. The van der Waals surface area contributed by atoms with E-state index in [1.807, 2.05) is 13.8 Å². The van der Waals surface area contributed by atoms with Crippen molar-refractivity contribution in [2.75, 3.05) is 0 Å². The first-order chi connectivity index (χ1) is 16.3. The number of hydrogen-bond acceptors (Lipinski definition) is 7. The van der Waals surface area contributed by atoms with Crippen molar-refractivity contribution >= 4 is 29.7 Å². The molecule has 13 nitrogen and oxygen atoms in total. The summed E-state index contributed by atoms with van der Waals surface area (Å²) in [5, 5.41) is 25.5. The van der Waals surface area contributed by atoms with Crippen LogP contribution in [0.4, 0.5) is 0 Å². The van der Waals surface area contributed by atoms with Crippen LogP contribution in [0.15, 0.2) is 12.5 Å². The average Bonchev–Trinajstić information content (AvgIpc) is 3.24. The number of aromatic nitrogens is 2. The predicted octanol–water partition coefficient (Wildman–Crippen LogP) is -0.615. The Morgan fingerprint density at radius 2 is 1.43 bits per heavy atom. The van der Waals surface area contributed by atoms with Crippen LogP contribution < -0.4 is 21.7 Å². The molecule has 0 bridgehead atoms. The Hall–Kier alpha value is -3.48. The average molecular weight is 497 g/mol. The fraction of sp³-hybridized carbons (Fsp3) is 0.636. The molecule has 4 unspecified atom stereocenters. The number of aromatic amines is 1. The van der Waals surface area contributed by atoms with Crippen LogP contribution in [0.1, 0.15) is 52.7 Å². The molecule has 0 spiro atoms. The van der Waals surface area contributed by atoms with Crippen LogP contribution in [-0.4, -0.2) is 74.0 Å². The van der Waals surface area contributed by atoms with Gasteiger partial charge in [0.15, 0.2) is 0 Å². The first-order valence-electron chi connectivity index (χ1n) is 11.4. The van der Waals surface area contributed by atoms with Crippen LogP contribution in [0.3, 0.4) is 0 Å². The molecule has 0 aliphatic rings. The van der Waals surface area contributed by atoms with Gasteiger partial charge in [-0.1, -0.05) is 27.7 Å². The number of carboxylic acid groups (broad SMARTS) is 2. The van der Waals surface area contributed by atoms with Crippen molar-refractivity contribution in [1.29, 1.82) is 0 Å². The number of carboxylic acids is 2. The standard InChI is InChI=1S/C22H36N6O7/c1-11(2)5-14(23)19(31)26-16(7-13-9-24-10-25-13)21(33)27-15(6-12(3)4)20(32)28-17(22(34)35)8-18(29)30/h9-12,14-17H,5-8,23H2,1-4H3,(H,24,25)(H,26,31)(H,27,33)(H,28,32)(H,29,30)(H,34,35). The highest BCUT2D eigenvalue weighted by Gasteiger charge is 2.31. The molecule has 1 aromatic rings. The number of carbonyl (C=O) groups excluding carboxylic acids is 3. The Morgan fingerprint density at radius 1 is 0.886 bits per heavy atom. The lowest BCUT2D eigenvalue weighted by molar-refractivity contribution is -0.147. The molecule has 196 valence electrons. The maximum atomic E-state index is 13.2. The highest BCUT2D eigenvalue weighted by molar-refractivity contribution is 5.94. The number of nitrogens with two attached hydrogens (primary N) is 1. The van der Waals surface area contributed by atoms with Crippen molar-refractivity contribution in [3.63, 3.8) is 0 Å². The van der Waals surface area contributed by atoms with Crippen LogP contribution >= 0.6 is 0 Å². The van der Waals surface area contributed by atoms with E-state index in [4.69, 9.17) is 10.8 Å². The van der Waals surface area contributed by atoms with Gasteiger partial charge >= 0.3 is 11.9 Å². The van der Waals surface area contributed by atoms with E-state index < -0.39 is 60.2 Å². The zero-order valence-electron chi connectivity index (χ0n) is 20.4. The molecule has 1 heterocycles. The van der Waals surface area contributed by atoms with Gasteiger partial charge in [-0.2, -0.15) is 0 Å². The second kappa shape index (κ2) is 14.0. The van der Waals surface area contributed by atoms with E-state index in [-0.39, 0.29) is 24.7 Å². The fourth-order valence-corrected chi connectivity index (χ4v) is 3.34. The number of amides is 3. The Bertz CT molecular complexity index is 872. The van der Waals surface area contributed by atoms with E-state index in [0.29, 0.717) is 12.1 Å².